The molecular formula is C16H18N6O2. The molecule has 1 saturated carbocycles. The summed E-state index contributed by atoms with van der Waals surface area (Å²) in [5.41, 5.74) is 2.78. The zero-order chi connectivity index (χ0) is 17.3. The van der Waals surface area contributed by atoms with Crippen LogP contribution in [-0.2, 0) is 11.8 Å². The second kappa shape index (κ2) is 6.28. The van der Waals surface area contributed by atoms with Gasteiger partial charge in [-0.1, -0.05) is 0 Å². The predicted molar refractivity (Wildman–Crippen MR) is 86.2 cm³/mol. The molecular weight excluding hydrogens is 308 g/mol. The Hall–Kier alpha value is -2.95. The average molecular weight is 326 g/mol. The summed E-state index contributed by atoms with van der Waals surface area (Å²) in [6, 6.07) is 3.62. The van der Waals surface area contributed by atoms with Crippen molar-refractivity contribution in [2.75, 3.05) is 13.1 Å². The summed E-state index contributed by atoms with van der Waals surface area (Å²) in [5.74, 6) is -0.344. The molecule has 2 heterocycles. The number of aryl methyl sites for hydroxylation is 2. The van der Waals surface area contributed by atoms with Crippen LogP contribution in [0.1, 0.15) is 40.5 Å². The summed E-state index contributed by atoms with van der Waals surface area (Å²) in [6.07, 6.45) is 2.15. The Kier molecular flexibility index (Phi) is 4.16. The molecule has 0 radical (unpaired) electrons. The van der Waals surface area contributed by atoms with E-state index < -0.39 is 5.91 Å². The topological polar surface area (TPSA) is 113 Å². The first-order chi connectivity index (χ1) is 11.5. The first kappa shape index (κ1) is 15.9. The molecule has 3 rings (SSSR count). The van der Waals surface area contributed by atoms with Crippen LogP contribution in [0, 0.1) is 18.3 Å². The van der Waals surface area contributed by atoms with Crippen molar-refractivity contribution in [3.05, 3.63) is 23.0 Å². The Morgan fingerprint density at radius 3 is 2.83 bits per heavy atom. The molecule has 8 nitrogen and oxygen atoms in total. The highest BCUT2D eigenvalue weighted by molar-refractivity contribution is 6.07. The zero-order valence-corrected chi connectivity index (χ0v) is 13.6. The van der Waals surface area contributed by atoms with Gasteiger partial charge in [-0.05, 0) is 25.8 Å². The van der Waals surface area contributed by atoms with E-state index in [4.69, 9.17) is 5.26 Å². The fourth-order valence-electron chi connectivity index (χ4n) is 2.69. The van der Waals surface area contributed by atoms with Crippen LogP contribution in [0.2, 0.25) is 0 Å². The minimum atomic E-state index is -0.402. The van der Waals surface area contributed by atoms with E-state index in [9.17, 15) is 9.59 Å². The van der Waals surface area contributed by atoms with Gasteiger partial charge in [-0.2, -0.15) is 10.4 Å². The fraction of sp³-hybridized carbons (Fsp3) is 0.438. The molecule has 0 unspecified atom stereocenters. The van der Waals surface area contributed by atoms with Gasteiger partial charge >= 0.3 is 0 Å². The van der Waals surface area contributed by atoms with E-state index in [0.717, 1.165) is 24.2 Å². The lowest BCUT2D eigenvalue weighted by atomic mass is 10.1. The molecule has 124 valence electrons. The smallest absolute Gasteiger partial charge is 0.252 e. The van der Waals surface area contributed by atoms with Gasteiger partial charge in [-0.3, -0.25) is 14.3 Å². The van der Waals surface area contributed by atoms with E-state index >= 15 is 0 Å². The third-order valence-corrected chi connectivity index (χ3v) is 4.00. The summed E-state index contributed by atoms with van der Waals surface area (Å²) < 4.78 is 1.67. The van der Waals surface area contributed by atoms with E-state index in [1.165, 1.54) is 0 Å². The number of carbonyl (C=O) groups excluding carboxylic acids is 2. The van der Waals surface area contributed by atoms with Gasteiger partial charge in [0.25, 0.3) is 5.91 Å². The maximum Gasteiger partial charge on any atom is 0.252 e. The molecule has 1 fully saturated rings. The molecule has 2 aromatic rings. The van der Waals surface area contributed by atoms with Crippen molar-refractivity contribution in [2.45, 2.75) is 25.7 Å². The molecule has 0 saturated heterocycles. The Morgan fingerprint density at radius 1 is 1.42 bits per heavy atom. The molecule has 2 amide bonds. The van der Waals surface area contributed by atoms with Gasteiger partial charge in [0.2, 0.25) is 5.91 Å². The highest BCUT2D eigenvalue weighted by Crippen LogP contribution is 2.40. The lowest BCUT2D eigenvalue weighted by molar-refractivity contribution is -0.119. The Labute approximate surface area is 138 Å². The van der Waals surface area contributed by atoms with Crippen molar-refractivity contribution < 1.29 is 9.59 Å². The highest BCUT2D eigenvalue weighted by Gasteiger charge is 2.28. The monoisotopic (exact) mass is 326 g/mol. The number of carbonyl (C=O) groups is 2. The van der Waals surface area contributed by atoms with Gasteiger partial charge in [0.15, 0.2) is 5.65 Å². The van der Waals surface area contributed by atoms with E-state index in [-0.39, 0.29) is 19.0 Å². The van der Waals surface area contributed by atoms with Gasteiger partial charge in [-0.15, -0.1) is 0 Å². The van der Waals surface area contributed by atoms with Gasteiger partial charge in [-0.25, -0.2) is 4.98 Å². The van der Waals surface area contributed by atoms with Crippen molar-refractivity contribution in [2.24, 2.45) is 7.05 Å². The molecule has 0 bridgehead atoms. The number of nitrogens with zero attached hydrogens (tertiary/aromatic N) is 4. The molecule has 8 heteroatoms. The number of hydrogen-bond acceptors (Lipinski definition) is 5. The first-order valence-electron chi connectivity index (χ1n) is 7.77. The van der Waals surface area contributed by atoms with Gasteiger partial charge in [0, 0.05) is 18.7 Å². The average Bonchev–Trinajstić information content (AvgIpc) is 3.37. The van der Waals surface area contributed by atoms with Crippen LogP contribution < -0.4 is 10.6 Å². The Bertz CT molecular complexity index is 860. The quantitative estimate of drug-likeness (QED) is 0.778. The minimum Gasteiger partial charge on any atom is -0.343 e. The second-order valence-corrected chi connectivity index (χ2v) is 5.89. The number of fused-ring (bicyclic) bond motifs is 1. The standard InChI is InChI=1S/C16H18N6O2/c1-9-14-11(16(24)19-8-13(23)18-6-5-17)7-12(10-3-4-10)20-15(14)22(2)21-9/h7,10H,3-4,6,8H2,1-2H3,(H,18,23)(H,19,24). The van der Waals surface area contributed by atoms with E-state index in [0.29, 0.717) is 22.5 Å². The number of aromatic nitrogens is 3. The number of pyridine rings is 1. The lowest BCUT2D eigenvalue weighted by Gasteiger charge is -2.08. The first-order valence-corrected chi connectivity index (χ1v) is 7.77. The number of nitrogens with one attached hydrogen (secondary N) is 2. The number of nitriles is 1. The van der Waals surface area contributed by atoms with Crippen LogP contribution in [-0.4, -0.2) is 39.7 Å². The van der Waals surface area contributed by atoms with Gasteiger partial charge in [0.05, 0.1) is 29.3 Å². The third kappa shape index (κ3) is 3.06. The van der Waals surface area contributed by atoms with E-state index in [1.54, 1.807) is 17.8 Å². The third-order valence-electron chi connectivity index (χ3n) is 4.00. The highest BCUT2D eigenvalue weighted by atomic mass is 16.2. The SMILES string of the molecule is Cc1nn(C)c2nc(C3CC3)cc(C(=O)NCC(=O)NCC#N)c12. The van der Waals surface area contributed by atoms with Crippen LogP contribution in [0.25, 0.3) is 11.0 Å². The summed E-state index contributed by atoms with van der Waals surface area (Å²) >= 11 is 0. The van der Waals surface area contributed by atoms with Gasteiger partial charge < -0.3 is 10.6 Å². The zero-order valence-electron chi connectivity index (χ0n) is 13.6. The van der Waals surface area contributed by atoms with Crippen molar-refractivity contribution in [3.63, 3.8) is 0 Å². The van der Waals surface area contributed by atoms with E-state index in [1.807, 2.05) is 13.0 Å². The molecule has 1 aliphatic rings. The van der Waals surface area contributed by atoms with Crippen molar-refractivity contribution in [3.8, 4) is 6.07 Å². The van der Waals surface area contributed by atoms with Crippen LogP contribution in [0.15, 0.2) is 6.07 Å². The summed E-state index contributed by atoms with van der Waals surface area (Å²) in [6.45, 7) is 1.57. The van der Waals surface area contributed by atoms with Crippen molar-refractivity contribution in [1.29, 1.82) is 5.26 Å². The second-order valence-electron chi connectivity index (χ2n) is 5.89. The summed E-state index contributed by atoms with van der Waals surface area (Å²) in [5, 5.41) is 18.5. The molecule has 0 aliphatic heterocycles. The number of amides is 2. The largest absolute Gasteiger partial charge is 0.343 e. The van der Waals surface area contributed by atoms with E-state index in [2.05, 4.69) is 20.7 Å². The normalized spacial score (nSPS) is 13.5. The van der Waals surface area contributed by atoms with Crippen LogP contribution in [0.4, 0.5) is 0 Å². The Morgan fingerprint density at radius 2 is 2.17 bits per heavy atom. The van der Waals surface area contributed by atoms with Crippen molar-refractivity contribution in [1.82, 2.24) is 25.4 Å². The minimum absolute atomic E-state index is 0.0816. The van der Waals surface area contributed by atoms with Crippen LogP contribution in [0.3, 0.4) is 0 Å². The van der Waals surface area contributed by atoms with Gasteiger partial charge in [0.1, 0.15) is 6.54 Å². The molecule has 2 aromatic heterocycles. The number of rotatable bonds is 5. The lowest BCUT2D eigenvalue weighted by Crippen LogP contribution is -2.37. The summed E-state index contributed by atoms with van der Waals surface area (Å²) in [4.78, 5) is 28.8. The molecule has 0 atom stereocenters. The molecule has 0 spiro atoms. The van der Waals surface area contributed by atoms with Crippen LogP contribution in [0.5, 0.6) is 0 Å². The predicted octanol–water partition coefficient (Wildman–Crippen LogP) is 0.524. The van der Waals surface area contributed by atoms with Crippen molar-refractivity contribution >= 4 is 22.8 Å². The molecule has 1 aliphatic carbocycles. The Balaban J connectivity index is 1.88. The molecule has 0 aromatic carbocycles. The van der Waals surface area contributed by atoms with Crippen LogP contribution >= 0.6 is 0 Å². The maximum atomic E-state index is 12.6. The fourth-order valence-corrected chi connectivity index (χ4v) is 2.69. The number of hydrogen-bond donors (Lipinski definition) is 2. The molecule has 2 N–H and O–H groups in total. The summed E-state index contributed by atoms with van der Waals surface area (Å²) in [7, 11) is 1.80. The molecule has 24 heavy (non-hydrogen) atoms. The maximum absolute atomic E-state index is 12.6.